The SMILES string of the molecule is CCc1c(OC)cc(C(=O)c2c[nH]c3c(C)c(OC)ccc23)cc1OC. The molecule has 0 spiro atoms. The average molecular weight is 353 g/mol. The Morgan fingerprint density at radius 1 is 1.00 bits per heavy atom. The van der Waals surface area contributed by atoms with Crippen LogP contribution in [-0.2, 0) is 6.42 Å². The molecule has 1 aromatic heterocycles. The molecule has 0 aliphatic heterocycles. The van der Waals surface area contributed by atoms with Crippen LogP contribution in [0, 0.1) is 6.92 Å². The molecule has 5 heteroatoms. The molecule has 5 nitrogen and oxygen atoms in total. The summed E-state index contributed by atoms with van der Waals surface area (Å²) in [5, 5.41) is 0.866. The molecule has 0 aliphatic carbocycles. The van der Waals surface area contributed by atoms with Crippen LogP contribution in [0.25, 0.3) is 10.9 Å². The first kappa shape index (κ1) is 17.9. The lowest BCUT2D eigenvalue weighted by Crippen LogP contribution is -2.04. The van der Waals surface area contributed by atoms with Gasteiger partial charge < -0.3 is 19.2 Å². The van der Waals surface area contributed by atoms with E-state index in [0.717, 1.165) is 34.2 Å². The molecule has 0 radical (unpaired) electrons. The molecule has 136 valence electrons. The number of nitrogens with one attached hydrogen (secondary N) is 1. The number of hydrogen-bond donors (Lipinski definition) is 1. The van der Waals surface area contributed by atoms with Crippen molar-refractivity contribution in [3.63, 3.8) is 0 Å². The predicted molar refractivity (Wildman–Crippen MR) is 102 cm³/mol. The van der Waals surface area contributed by atoms with Gasteiger partial charge in [0, 0.05) is 33.8 Å². The zero-order chi connectivity index (χ0) is 18.8. The van der Waals surface area contributed by atoms with Crippen LogP contribution in [0.15, 0.2) is 30.5 Å². The Kier molecular flexibility index (Phi) is 4.89. The lowest BCUT2D eigenvalue weighted by molar-refractivity contribution is 0.103. The maximum atomic E-state index is 13.2. The van der Waals surface area contributed by atoms with Crippen molar-refractivity contribution in [3.05, 3.63) is 52.7 Å². The minimum atomic E-state index is -0.0833. The van der Waals surface area contributed by atoms with Crippen LogP contribution in [0.5, 0.6) is 17.2 Å². The number of aryl methyl sites for hydroxylation is 1. The number of carbonyl (C=O) groups excluding carboxylic acids is 1. The molecule has 0 saturated heterocycles. The smallest absolute Gasteiger partial charge is 0.195 e. The second-order valence-corrected chi connectivity index (χ2v) is 6.06. The Morgan fingerprint density at radius 3 is 2.15 bits per heavy atom. The number of ketones is 1. The number of fused-ring (bicyclic) bond motifs is 1. The Labute approximate surface area is 152 Å². The molecule has 26 heavy (non-hydrogen) atoms. The van der Waals surface area contributed by atoms with Gasteiger partial charge in [-0.05, 0) is 37.6 Å². The summed E-state index contributed by atoms with van der Waals surface area (Å²) in [6, 6.07) is 7.33. The highest BCUT2D eigenvalue weighted by Gasteiger charge is 2.20. The third-order valence-electron chi connectivity index (χ3n) is 4.75. The van der Waals surface area contributed by atoms with E-state index in [2.05, 4.69) is 4.98 Å². The molecule has 2 aromatic carbocycles. The second kappa shape index (κ2) is 7.12. The maximum absolute atomic E-state index is 13.2. The van der Waals surface area contributed by atoms with Gasteiger partial charge in [0.1, 0.15) is 17.2 Å². The van der Waals surface area contributed by atoms with E-state index in [-0.39, 0.29) is 5.78 Å². The average Bonchev–Trinajstić information content (AvgIpc) is 3.11. The summed E-state index contributed by atoms with van der Waals surface area (Å²) in [6.07, 6.45) is 2.50. The summed E-state index contributed by atoms with van der Waals surface area (Å²) in [7, 11) is 4.84. The molecule has 1 N–H and O–H groups in total. The fourth-order valence-corrected chi connectivity index (χ4v) is 3.35. The summed E-state index contributed by atoms with van der Waals surface area (Å²) in [6.45, 7) is 3.99. The second-order valence-electron chi connectivity index (χ2n) is 6.06. The van der Waals surface area contributed by atoms with Crippen LogP contribution < -0.4 is 14.2 Å². The number of rotatable bonds is 6. The first-order chi connectivity index (χ1) is 12.5. The first-order valence-electron chi connectivity index (χ1n) is 8.49. The molecule has 3 rings (SSSR count). The molecule has 0 unspecified atom stereocenters. The lowest BCUT2D eigenvalue weighted by atomic mass is 9.98. The van der Waals surface area contributed by atoms with Crippen LogP contribution in [-0.4, -0.2) is 32.1 Å². The van der Waals surface area contributed by atoms with Crippen LogP contribution in [0.2, 0.25) is 0 Å². The fraction of sp³-hybridized carbons (Fsp3) is 0.286. The summed E-state index contributed by atoms with van der Waals surface area (Å²) in [5.74, 6) is 2.02. The monoisotopic (exact) mass is 353 g/mol. The molecule has 0 aliphatic rings. The van der Waals surface area contributed by atoms with Gasteiger partial charge in [0.15, 0.2) is 5.78 Å². The number of carbonyl (C=O) groups is 1. The first-order valence-corrected chi connectivity index (χ1v) is 8.49. The van der Waals surface area contributed by atoms with Crippen molar-refractivity contribution in [2.45, 2.75) is 20.3 Å². The number of aromatic nitrogens is 1. The van der Waals surface area contributed by atoms with Gasteiger partial charge in [0.25, 0.3) is 0 Å². The summed E-state index contributed by atoms with van der Waals surface area (Å²) >= 11 is 0. The summed E-state index contributed by atoms with van der Waals surface area (Å²) in [4.78, 5) is 16.4. The number of aromatic amines is 1. The third kappa shape index (κ3) is 2.79. The third-order valence-corrected chi connectivity index (χ3v) is 4.75. The topological polar surface area (TPSA) is 60.6 Å². The number of methoxy groups -OCH3 is 3. The molecule has 0 saturated carbocycles. The predicted octanol–water partition coefficient (Wildman–Crippen LogP) is 4.30. The highest BCUT2D eigenvalue weighted by molar-refractivity contribution is 6.17. The summed E-state index contributed by atoms with van der Waals surface area (Å²) < 4.78 is 16.3. The molecule has 1 heterocycles. The van der Waals surface area contributed by atoms with E-state index in [1.54, 1.807) is 39.7 Å². The fourth-order valence-electron chi connectivity index (χ4n) is 3.35. The van der Waals surface area contributed by atoms with E-state index in [4.69, 9.17) is 14.2 Å². The molecule has 0 amide bonds. The molecule has 0 atom stereocenters. The Morgan fingerprint density at radius 2 is 1.62 bits per heavy atom. The zero-order valence-electron chi connectivity index (χ0n) is 15.7. The molecule has 3 aromatic rings. The van der Waals surface area contributed by atoms with E-state index < -0.39 is 0 Å². The minimum Gasteiger partial charge on any atom is -0.496 e. The molecule has 0 bridgehead atoms. The van der Waals surface area contributed by atoms with Crippen molar-refractivity contribution in [1.29, 1.82) is 0 Å². The van der Waals surface area contributed by atoms with Gasteiger partial charge in [-0.1, -0.05) is 6.92 Å². The Bertz CT molecular complexity index is 947. The van der Waals surface area contributed by atoms with Crippen molar-refractivity contribution in [1.82, 2.24) is 4.98 Å². The molecular formula is C21H23NO4. The van der Waals surface area contributed by atoms with E-state index in [9.17, 15) is 4.79 Å². The number of ether oxygens (including phenoxy) is 3. The van der Waals surface area contributed by atoms with Gasteiger partial charge in [-0.15, -0.1) is 0 Å². The van der Waals surface area contributed by atoms with Crippen molar-refractivity contribution < 1.29 is 19.0 Å². The number of benzene rings is 2. The van der Waals surface area contributed by atoms with E-state index in [1.807, 2.05) is 26.0 Å². The van der Waals surface area contributed by atoms with Crippen LogP contribution in [0.3, 0.4) is 0 Å². The van der Waals surface area contributed by atoms with Crippen molar-refractivity contribution in [2.24, 2.45) is 0 Å². The number of H-pyrrole nitrogens is 1. The highest BCUT2D eigenvalue weighted by Crippen LogP contribution is 2.34. The quantitative estimate of drug-likeness (QED) is 0.671. The van der Waals surface area contributed by atoms with Crippen LogP contribution in [0.1, 0.15) is 34.0 Å². The van der Waals surface area contributed by atoms with Crippen LogP contribution >= 0.6 is 0 Å². The van der Waals surface area contributed by atoms with Crippen molar-refractivity contribution >= 4 is 16.7 Å². The van der Waals surface area contributed by atoms with E-state index >= 15 is 0 Å². The minimum absolute atomic E-state index is 0.0833. The van der Waals surface area contributed by atoms with E-state index in [0.29, 0.717) is 22.6 Å². The zero-order valence-corrected chi connectivity index (χ0v) is 15.7. The van der Waals surface area contributed by atoms with E-state index in [1.165, 1.54) is 0 Å². The van der Waals surface area contributed by atoms with Gasteiger partial charge in [-0.2, -0.15) is 0 Å². The maximum Gasteiger partial charge on any atom is 0.195 e. The van der Waals surface area contributed by atoms with Gasteiger partial charge in [0.05, 0.1) is 26.8 Å². The van der Waals surface area contributed by atoms with Crippen LogP contribution in [0.4, 0.5) is 0 Å². The Hall–Kier alpha value is -2.95. The van der Waals surface area contributed by atoms with Crippen molar-refractivity contribution in [3.8, 4) is 17.2 Å². The Balaban J connectivity index is 2.13. The van der Waals surface area contributed by atoms with Gasteiger partial charge in [0.2, 0.25) is 0 Å². The highest BCUT2D eigenvalue weighted by atomic mass is 16.5. The van der Waals surface area contributed by atoms with Gasteiger partial charge >= 0.3 is 0 Å². The van der Waals surface area contributed by atoms with Crippen molar-refractivity contribution in [2.75, 3.05) is 21.3 Å². The molecule has 0 fully saturated rings. The largest absolute Gasteiger partial charge is 0.496 e. The number of hydrogen-bond acceptors (Lipinski definition) is 4. The van der Waals surface area contributed by atoms with Gasteiger partial charge in [-0.3, -0.25) is 4.79 Å². The van der Waals surface area contributed by atoms with Gasteiger partial charge in [-0.25, -0.2) is 0 Å². The standard InChI is InChI=1S/C21H23NO4/c1-6-14-18(25-4)9-13(10-19(14)26-5)21(23)16-11-22-20-12(2)17(24-3)8-7-15(16)20/h7-11,22H,6H2,1-5H3. The summed E-state index contributed by atoms with van der Waals surface area (Å²) in [5.41, 5.74) is 3.97. The lowest BCUT2D eigenvalue weighted by Gasteiger charge is -2.14. The normalized spacial score (nSPS) is 10.8. The molecular weight excluding hydrogens is 330 g/mol.